The number of fused-ring (bicyclic) bond motifs is 3. The summed E-state index contributed by atoms with van der Waals surface area (Å²) in [5.74, 6) is 0.562. The standard InChI is InChI=1S/C17H22O5/c1-9-8-19-11-7-17(4)12(21-17)5-6-16(3)15(22-16)14(13(9)11)20-10(2)18/h8,12,14-15H,5-7H2,1-4H3/t12-,14-,15+,16-,17+/m1/s1. The van der Waals surface area contributed by atoms with Crippen LogP contribution < -0.4 is 0 Å². The van der Waals surface area contributed by atoms with Gasteiger partial charge < -0.3 is 18.6 Å². The number of rotatable bonds is 1. The molecule has 0 spiro atoms. The van der Waals surface area contributed by atoms with Gasteiger partial charge in [-0.25, -0.2) is 0 Å². The smallest absolute Gasteiger partial charge is 0.303 e. The summed E-state index contributed by atoms with van der Waals surface area (Å²) < 4.78 is 23.3. The molecule has 120 valence electrons. The highest BCUT2D eigenvalue weighted by molar-refractivity contribution is 5.66. The number of aryl methyl sites for hydroxylation is 1. The highest BCUT2D eigenvalue weighted by Crippen LogP contribution is 2.54. The van der Waals surface area contributed by atoms with E-state index in [1.807, 2.05) is 6.92 Å². The van der Waals surface area contributed by atoms with Crippen LogP contribution in [0.3, 0.4) is 0 Å². The van der Waals surface area contributed by atoms with Crippen LogP contribution in [0.15, 0.2) is 10.7 Å². The van der Waals surface area contributed by atoms with Gasteiger partial charge in [0.2, 0.25) is 0 Å². The molecule has 1 aliphatic carbocycles. The topological polar surface area (TPSA) is 64.5 Å². The van der Waals surface area contributed by atoms with Crippen LogP contribution in [-0.4, -0.2) is 29.4 Å². The van der Waals surface area contributed by atoms with Crippen LogP contribution in [0.2, 0.25) is 0 Å². The molecule has 0 saturated carbocycles. The minimum absolute atomic E-state index is 0.102. The van der Waals surface area contributed by atoms with Crippen LogP contribution in [0.25, 0.3) is 0 Å². The second-order valence-electron chi connectivity index (χ2n) is 7.27. The van der Waals surface area contributed by atoms with Gasteiger partial charge in [-0.15, -0.1) is 0 Å². The van der Waals surface area contributed by atoms with Gasteiger partial charge in [-0.2, -0.15) is 0 Å². The predicted octanol–water partition coefficient (Wildman–Crippen LogP) is 2.84. The highest BCUT2D eigenvalue weighted by Gasteiger charge is 2.62. The van der Waals surface area contributed by atoms with Gasteiger partial charge in [0.05, 0.1) is 23.6 Å². The van der Waals surface area contributed by atoms with Gasteiger partial charge in [-0.3, -0.25) is 4.79 Å². The molecule has 5 nitrogen and oxygen atoms in total. The highest BCUT2D eigenvalue weighted by atomic mass is 16.6. The number of esters is 1. The zero-order valence-electron chi connectivity index (χ0n) is 13.5. The maximum atomic E-state index is 11.6. The number of hydrogen-bond donors (Lipinski definition) is 0. The molecule has 2 fully saturated rings. The Labute approximate surface area is 129 Å². The molecule has 0 aromatic carbocycles. The van der Waals surface area contributed by atoms with Crippen molar-refractivity contribution in [1.82, 2.24) is 0 Å². The lowest BCUT2D eigenvalue weighted by Crippen LogP contribution is -2.25. The van der Waals surface area contributed by atoms with Crippen molar-refractivity contribution in [3.63, 3.8) is 0 Å². The zero-order chi connectivity index (χ0) is 15.7. The van der Waals surface area contributed by atoms with Crippen molar-refractivity contribution in [1.29, 1.82) is 0 Å². The van der Waals surface area contributed by atoms with Gasteiger partial charge in [0.25, 0.3) is 0 Å². The summed E-state index contributed by atoms with van der Waals surface area (Å²) in [4.78, 5) is 11.6. The third-order valence-electron chi connectivity index (χ3n) is 5.35. The zero-order valence-corrected chi connectivity index (χ0v) is 13.5. The Hall–Kier alpha value is -1.33. The molecule has 22 heavy (non-hydrogen) atoms. The Kier molecular flexibility index (Phi) is 2.83. The second kappa shape index (κ2) is 4.36. The van der Waals surface area contributed by atoms with Gasteiger partial charge in [-0.05, 0) is 39.2 Å². The van der Waals surface area contributed by atoms with E-state index in [0.717, 1.165) is 29.7 Å². The fourth-order valence-corrected chi connectivity index (χ4v) is 3.86. The van der Waals surface area contributed by atoms with E-state index < -0.39 is 6.10 Å². The lowest BCUT2D eigenvalue weighted by Gasteiger charge is -2.20. The molecule has 5 atom stereocenters. The average molecular weight is 306 g/mol. The van der Waals surface area contributed by atoms with E-state index in [2.05, 4.69) is 13.8 Å². The minimum Gasteiger partial charge on any atom is -0.469 e. The quantitative estimate of drug-likeness (QED) is 0.589. The molecule has 3 heterocycles. The molecule has 5 heteroatoms. The van der Waals surface area contributed by atoms with Crippen LogP contribution in [0.5, 0.6) is 0 Å². The molecule has 2 aliphatic heterocycles. The van der Waals surface area contributed by atoms with E-state index in [1.165, 1.54) is 6.92 Å². The number of furan rings is 1. The molecule has 0 amide bonds. The van der Waals surface area contributed by atoms with Gasteiger partial charge in [0, 0.05) is 18.9 Å². The molecule has 1 aromatic rings. The molecule has 0 bridgehead atoms. The van der Waals surface area contributed by atoms with Crippen molar-refractivity contribution in [3.8, 4) is 0 Å². The van der Waals surface area contributed by atoms with Crippen molar-refractivity contribution in [2.45, 2.75) is 76.5 Å². The van der Waals surface area contributed by atoms with Gasteiger partial charge >= 0.3 is 5.97 Å². The Morgan fingerprint density at radius 1 is 1.32 bits per heavy atom. The van der Waals surface area contributed by atoms with E-state index in [1.54, 1.807) is 6.26 Å². The molecule has 0 unspecified atom stereocenters. The van der Waals surface area contributed by atoms with Gasteiger partial charge in [-0.1, -0.05) is 0 Å². The first-order valence-corrected chi connectivity index (χ1v) is 7.92. The summed E-state index contributed by atoms with van der Waals surface area (Å²) in [6.07, 6.45) is 4.09. The number of carbonyl (C=O) groups is 1. The third kappa shape index (κ3) is 2.10. The number of carbonyl (C=O) groups excluding carboxylic acids is 1. The first-order chi connectivity index (χ1) is 10.3. The molecule has 3 aliphatic rings. The third-order valence-corrected chi connectivity index (χ3v) is 5.35. The number of ether oxygens (including phenoxy) is 3. The second-order valence-corrected chi connectivity index (χ2v) is 7.27. The van der Waals surface area contributed by atoms with Crippen molar-refractivity contribution in [3.05, 3.63) is 23.2 Å². The summed E-state index contributed by atoms with van der Waals surface area (Å²) in [5, 5.41) is 0. The summed E-state index contributed by atoms with van der Waals surface area (Å²) >= 11 is 0. The van der Waals surface area contributed by atoms with Crippen LogP contribution in [0, 0.1) is 6.92 Å². The maximum Gasteiger partial charge on any atom is 0.303 e. The summed E-state index contributed by atoms with van der Waals surface area (Å²) in [5.41, 5.74) is 1.55. The summed E-state index contributed by atoms with van der Waals surface area (Å²) in [6.45, 7) is 7.63. The summed E-state index contributed by atoms with van der Waals surface area (Å²) in [6, 6.07) is 0. The first kappa shape index (κ1) is 14.3. The fraction of sp³-hybridized carbons (Fsp3) is 0.706. The first-order valence-electron chi connectivity index (χ1n) is 7.92. The normalized spacial score (nSPS) is 42.6. The predicted molar refractivity (Wildman–Crippen MR) is 77.4 cm³/mol. The van der Waals surface area contributed by atoms with E-state index in [9.17, 15) is 4.79 Å². The lowest BCUT2D eigenvalue weighted by molar-refractivity contribution is -0.147. The Balaban J connectivity index is 1.76. The lowest BCUT2D eigenvalue weighted by atomic mass is 9.86. The molecule has 2 saturated heterocycles. The van der Waals surface area contributed by atoms with Crippen LogP contribution in [-0.2, 0) is 25.4 Å². The number of hydrogen-bond acceptors (Lipinski definition) is 5. The monoisotopic (exact) mass is 306 g/mol. The Bertz CT molecular complexity index is 635. The van der Waals surface area contributed by atoms with Crippen molar-refractivity contribution >= 4 is 5.97 Å². The van der Waals surface area contributed by atoms with E-state index >= 15 is 0 Å². The molecule has 1 aromatic heterocycles. The SMILES string of the molecule is CC(=O)O[C@@H]1c2c(C)coc2C[C@]2(C)O[C@@H]2CC[C@@]2(C)O[C@@H]12. The average Bonchev–Trinajstić information content (AvgIpc) is 3.23. The molecular weight excluding hydrogens is 284 g/mol. The largest absolute Gasteiger partial charge is 0.469 e. The maximum absolute atomic E-state index is 11.6. The Morgan fingerprint density at radius 3 is 2.82 bits per heavy atom. The summed E-state index contributed by atoms with van der Waals surface area (Å²) in [7, 11) is 0. The van der Waals surface area contributed by atoms with Crippen LogP contribution in [0.4, 0.5) is 0 Å². The molecule has 0 N–H and O–H groups in total. The molecular formula is C17H22O5. The Morgan fingerprint density at radius 2 is 2.09 bits per heavy atom. The van der Waals surface area contributed by atoms with Gasteiger partial charge in [0.15, 0.2) is 6.10 Å². The van der Waals surface area contributed by atoms with Crippen molar-refractivity contribution < 1.29 is 23.4 Å². The van der Waals surface area contributed by atoms with Crippen molar-refractivity contribution in [2.75, 3.05) is 0 Å². The van der Waals surface area contributed by atoms with Crippen LogP contribution >= 0.6 is 0 Å². The number of epoxide rings is 2. The van der Waals surface area contributed by atoms with E-state index in [0.29, 0.717) is 6.42 Å². The molecule has 0 radical (unpaired) electrons. The van der Waals surface area contributed by atoms with Gasteiger partial charge in [0.1, 0.15) is 11.9 Å². The molecule has 4 rings (SSSR count). The minimum atomic E-state index is -0.393. The van der Waals surface area contributed by atoms with Crippen molar-refractivity contribution in [2.24, 2.45) is 0 Å². The van der Waals surface area contributed by atoms with Crippen LogP contribution in [0.1, 0.15) is 56.6 Å². The van der Waals surface area contributed by atoms with E-state index in [-0.39, 0.29) is 29.4 Å². The fourth-order valence-electron chi connectivity index (χ4n) is 3.86. The van der Waals surface area contributed by atoms with E-state index in [4.69, 9.17) is 18.6 Å².